The molecule has 0 aliphatic rings. The van der Waals surface area contributed by atoms with E-state index >= 15 is 0 Å². The zero-order valence-corrected chi connectivity index (χ0v) is 16.2. The second-order valence-electron chi connectivity index (χ2n) is 5.98. The van der Waals surface area contributed by atoms with Crippen LogP contribution < -0.4 is 14.8 Å². The second kappa shape index (κ2) is 8.33. The highest BCUT2D eigenvalue weighted by Gasteiger charge is 2.20. The molecule has 0 bridgehead atoms. The fourth-order valence-corrected chi connectivity index (χ4v) is 3.81. The lowest BCUT2D eigenvalue weighted by molar-refractivity contribution is -0.114. The number of aryl methyl sites for hydroxylation is 1. The van der Waals surface area contributed by atoms with Gasteiger partial charge in [-0.05, 0) is 42.7 Å². The fraction of sp³-hybridized carbons (Fsp3) is 0.316. The molecule has 0 aromatic heterocycles. The lowest BCUT2D eigenvalue weighted by atomic mass is 10.1. The van der Waals surface area contributed by atoms with Crippen LogP contribution in [0, 0.1) is 0 Å². The first-order chi connectivity index (χ1) is 12.3. The number of anilines is 1. The summed E-state index contributed by atoms with van der Waals surface area (Å²) >= 11 is 0. The maximum atomic E-state index is 12.7. The maximum absolute atomic E-state index is 12.7. The van der Waals surface area contributed by atoms with E-state index in [9.17, 15) is 13.2 Å². The van der Waals surface area contributed by atoms with Gasteiger partial charge in [-0.25, -0.2) is 13.1 Å². The molecule has 2 aromatic carbocycles. The summed E-state index contributed by atoms with van der Waals surface area (Å²) < 4.78 is 33.2. The topological polar surface area (TPSA) is 84.5 Å². The molecule has 2 aromatic rings. The summed E-state index contributed by atoms with van der Waals surface area (Å²) in [5.74, 6) is 0.0811. The van der Waals surface area contributed by atoms with E-state index in [2.05, 4.69) is 17.0 Å². The van der Waals surface area contributed by atoms with Crippen molar-refractivity contribution in [2.75, 3.05) is 12.4 Å². The zero-order chi connectivity index (χ0) is 19.3. The second-order valence-corrected chi connectivity index (χ2v) is 7.70. The minimum Gasteiger partial charge on any atom is -0.495 e. The Kier molecular flexibility index (Phi) is 6.39. The number of carbonyl (C=O) groups is 1. The maximum Gasteiger partial charge on any atom is 0.241 e. The van der Waals surface area contributed by atoms with Crippen LogP contribution in [-0.4, -0.2) is 21.4 Å². The molecule has 1 amide bonds. The number of hydrogen-bond acceptors (Lipinski definition) is 4. The summed E-state index contributed by atoms with van der Waals surface area (Å²) in [7, 11) is -2.31. The number of carbonyl (C=O) groups excluding carboxylic acids is 1. The van der Waals surface area contributed by atoms with Crippen LogP contribution in [0.25, 0.3) is 0 Å². The number of sulfonamides is 1. The summed E-state index contributed by atoms with van der Waals surface area (Å²) in [4.78, 5) is 11.4. The third kappa shape index (κ3) is 4.83. The van der Waals surface area contributed by atoms with Crippen LogP contribution in [0.15, 0.2) is 47.4 Å². The summed E-state index contributed by atoms with van der Waals surface area (Å²) in [6, 6.07) is 11.8. The predicted octanol–water partition coefficient (Wildman–Crippen LogP) is 3.26. The molecule has 0 heterocycles. The molecule has 1 atom stereocenters. The lowest BCUT2D eigenvalue weighted by Crippen LogP contribution is -2.27. The van der Waals surface area contributed by atoms with Gasteiger partial charge in [-0.15, -0.1) is 0 Å². The number of amides is 1. The third-order valence-corrected chi connectivity index (χ3v) is 5.55. The van der Waals surface area contributed by atoms with E-state index in [1.54, 1.807) is 6.92 Å². The van der Waals surface area contributed by atoms with Crippen LogP contribution in [-0.2, 0) is 21.2 Å². The molecule has 6 nitrogen and oxygen atoms in total. The van der Waals surface area contributed by atoms with Crippen molar-refractivity contribution in [2.24, 2.45) is 0 Å². The highest BCUT2D eigenvalue weighted by Crippen LogP contribution is 2.28. The van der Waals surface area contributed by atoms with Crippen LogP contribution in [0.3, 0.4) is 0 Å². The number of benzene rings is 2. The molecule has 0 aliphatic carbocycles. The number of methoxy groups -OCH3 is 1. The highest BCUT2D eigenvalue weighted by molar-refractivity contribution is 7.89. The smallest absolute Gasteiger partial charge is 0.241 e. The standard InChI is InChI=1S/C19H24N2O4S/c1-5-15-6-8-16(9-7-15)13(2)21-26(23,24)17-10-11-19(25-4)18(12-17)20-14(3)22/h6-13,21H,5H2,1-4H3,(H,20,22)/t13-/m1/s1. The summed E-state index contributed by atoms with van der Waals surface area (Å²) in [5, 5.41) is 2.58. The molecule has 0 unspecified atom stereocenters. The molecular formula is C19H24N2O4S. The number of rotatable bonds is 7. The highest BCUT2D eigenvalue weighted by atomic mass is 32.2. The van der Waals surface area contributed by atoms with Gasteiger partial charge >= 0.3 is 0 Å². The van der Waals surface area contributed by atoms with Gasteiger partial charge in [0, 0.05) is 13.0 Å². The van der Waals surface area contributed by atoms with Gasteiger partial charge in [-0.1, -0.05) is 31.2 Å². The molecule has 0 spiro atoms. The monoisotopic (exact) mass is 376 g/mol. The number of hydrogen-bond donors (Lipinski definition) is 2. The summed E-state index contributed by atoms with van der Waals surface area (Å²) in [6.07, 6.45) is 0.929. The quantitative estimate of drug-likeness (QED) is 0.777. The van der Waals surface area contributed by atoms with Crippen molar-refractivity contribution in [1.29, 1.82) is 0 Å². The Morgan fingerprint density at radius 2 is 1.81 bits per heavy atom. The molecule has 0 aliphatic heterocycles. The number of ether oxygens (including phenoxy) is 1. The number of nitrogens with one attached hydrogen (secondary N) is 2. The zero-order valence-electron chi connectivity index (χ0n) is 15.4. The van der Waals surface area contributed by atoms with Crippen LogP contribution in [0.4, 0.5) is 5.69 Å². The van der Waals surface area contributed by atoms with Gasteiger partial charge in [0.25, 0.3) is 0 Å². The molecule has 140 valence electrons. The average molecular weight is 376 g/mol. The van der Waals surface area contributed by atoms with Crippen molar-refractivity contribution < 1.29 is 17.9 Å². The van der Waals surface area contributed by atoms with Gasteiger partial charge in [0.1, 0.15) is 5.75 Å². The Hall–Kier alpha value is -2.38. The fourth-order valence-electron chi connectivity index (χ4n) is 2.55. The summed E-state index contributed by atoms with van der Waals surface area (Å²) in [6.45, 7) is 5.20. The van der Waals surface area contributed by atoms with Gasteiger partial charge in [0.15, 0.2) is 0 Å². The third-order valence-electron chi connectivity index (χ3n) is 4.01. The molecule has 2 rings (SSSR count). The van der Waals surface area contributed by atoms with Gasteiger partial charge in [-0.2, -0.15) is 0 Å². The molecule has 2 N–H and O–H groups in total. The van der Waals surface area contributed by atoms with E-state index in [1.165, 1.54) is 37.8 Å². The minimum atomic E-state index is -3.76. The van der Waals surface area contributed by atoms with Crippen molar-refractivity contribution in [2.45, 2.75) is 38.1 Å². The minimum absolute atomic E-state index is 0.0547. The molecule has 0 fully saturated rings. The van der Waals surface area contributed by atoms with Gasteiger partial charge in [0.2, 0.25) is 15.9 Å². The SMILES string of the molecule is CCc1ccc([C@@H](C)NS(=O)(=O)c2ccc(OC)c(NC(C)=O)c2)cc1. The van der Waals surface area contributed by atoms with E-state index in [1.807, 2.05) is 24.3 Å². The Bertz CT molecular complexity index is 877. The van der Waals surface area contributed by atoms with E-state index in [0.29, 0.717) is 11.4 Å². The molecule has 7 heteroatoms. The van der Waals surface area contributed by atoms with Crippen LogP contribution in [0.2, 0.25) is 0 Å². The van der Waals surface area contributed by atoms with E-state index in [4.69, 9.17) is 4.74 Å². The molecular weight excluding hydrogens is 352 g/mol. The lowest BCUT2D eigenvalue weighted by Gasteiger charge is -2.16. The molecule has 0 saturated carbocycles. The largest absolute Gasteiger partial charge is 0.495 e. The van der Waals surface area contributed by atoms with Crippen molar-refractivity contribution in [3.63, 3.8) is 0 Å². The molecule has 26 heavy (non-hydrogen) atoms. The van der Waals surface area contributed by atoms with Gasteiger partial charge < -0.3 is 10.1 Å². The summed E-state index contributed by atoms with van der Waals surface area (Å²) in [5.41, 5.74) is 2.38. The van der Waals surface area contributed by atoms with Crippen LogP contribution >= 0.6 is 0 Å². The normalized spacial score (nSPS) is 12.5. The van der Waals surface area contributed by atoms with Gasteiger partial charge in [0.05, 0.1) is 17.7 Å². The van der Waals surface area contributed by atoms with Crippen molar-refractivity contribution in [3.05, 3.63) is 53.6 Å². The Morgan fingerprint density at radius 1 is 1.15 bits per heavy atom. The first-order valence-corrected chi connectivity index (χ1v) is 9.82. The van der Waals surface area contributed by atoms with Crippen molar-refractivity contribution >= 4 is 21.6 Å². The average Bonchev–Trinajstić information content (AvgIpc) is 2.60. The first kappa shape index (κ1) is 19.9. The van der Waals surface area contributed by atoms with Gasteiger partial charge in [-0.3, -0.25) is 4.79 Å². The van der Waals surface area contributed by atoms with Crippen LogP contribution in [0.5, 0.6) is 5.75 Å². The van der Waals surface area contributed by atoms with Crippen molar-refractivity contribution in [1.82, 2.24) is 4.72 Å². The van der Waals surface area contributed by atoms with E-state index < -0.39 is 16.1 Å². The van der Waals surface area contributed by atoms with E-state index in [0.717, 1.165) is 12.0 Å². The van der Waals surface area contributed by atoms with Crippen LogP contribution in [0.1, 0.15) is 37.9 Å². The molecule has 0 saturated heterocycles. The first-order valence-electron chi connectivity index (χ1n) is 8.33. The Labute approximate surface area is 154 Å². The van der Waals surface area contributed by atoms with Crippen molar-refractivity contribution in [3.8, 4) is 5.75 Å². The Balaban J connectivity index is 2.26. The molecule has 0 radical (unpaired) electrons. The predicted molar refractivity (Wildman–Crippen MR) is 102 cm³/mol. The van der Waals surface area contributed by atoms with E-state index in [-0.39, 0.29) is 10.8 Å². The Morgan fingerprint density at radius 3 is 2.35 bits per heavy atom.